The van der Waals surface area contributed by atoms with Crippen molar-refractivity contribution in [2.45, 2.75) is 50.4 Å². The molecule has 7 rings (SSSR count). The highest BCUT2D eigenvalue weighted by molar-refractivity contribution is 5.78. The van der Waals surface area contributed by atoms with Gasteiger partial charge in [-0.2, -0.15) is 4.98 Å². The van der Waals surface area contributed by atoms with Gasteiger partial charge in [-0.05, 0) is 92.1 Å². The number of rotatable bonds is 5. The van der Waals surface area contributed by atoms with Gasteiger partial charge in [-0.1, -0.05) is 18.2 Å². The van der Waals surface area contributed by atoms with E-state index in [1.54, 1.807) is 6.20 Å². The first-order chi connectivity index (χ1) is 18.1. The number of ether oxygens (including phenoxy) is 1. The van der Waals surface area contributed by atoms with Crippen molar-refractivity contribution in [3.63, 3.8) is 0 Å². The van der Waals surface area contributed by atoms with Gasteiger partial charge in [0.2, 0.25) is 12.2 Å². The highest BCUT2D eigenvalue weighted by Gasteiger charge is 2.43. The Balaban J connectivity index is 1.27. The van der Waals surface area contributed by atoms with Gasteiger partial charge in [0, 0.05) is 23.8 Å². The number of piperidine rings is 1. The maximum Gasteiger partial charge on any atom is 0.229 e. The fourth-order valence-corrected chi connectivity index (χ4v) is 5.84. The van der Waals surface area contributed by atoms with Gasteiger partial charge in [-0.3, -0.25) is 4.79 Å². The fraction of sp³-hybridized carbons (Fsp3) is 0.345. The lowest BCUT2D eigenvalue weighted by Gasteiger charge is -2.23. The van der Waals surface area contributed by atoms with Crippen molar-refractivity contribution in [2.24, 2.45) is 0 Å². The fourth-order valence-electron chi connectivity index (χ4n) is 5.84. The van der Waals surface area contributed by atoms with E-state index in [1.807, 2.05) is 10.8 Å². The zero-order chi connectivity index (χ0) is 24.9. The average molecular weight is 496 g/mol. The number of hydrogen-bond acceptors (Lipinski definition) is 6. The molecule has 2 unspecified atom stereocenters. The topological polar surface area (TPSA) is 112 Å². The normalized spacial score (nSPS) is 21.2. The highest BCUT2D eigenvalue weighted by atomic mass is 16.6. The number of nitrogens with one attached hydrogen (secondary N) is 2. The molecule has 0 saturated carbocycles. The van der Waals surface area contributed by atoms with Crippen LogP contribution in [-0.2, 0) is 17.6 Å². The summed E-state index contributed by atoms with van der Waals surface area (Å²) in [5, 5.41) is 7.24. The predicted octanol–water partition coefficient (Wildman–Crippen LogP) is 3.12. The van der Waals surface area contributed by atoms with Crippen molar-refractivity contribution in [2.75, 3.05) is 18.4 Å². The first-order valence-electron chi connectivity index (χ1n) is 13.2. The van der Waals surface area contributed by atoms with Crippen molar-refractivity contribution in [3.8, 4) is 5.69 Å². The van der Waals surface area contributed by atoms with E-state index in [0.29, 0.717) is 28.5 Å². The number of aromatic nitrogens is 3. The summed E-state index contributed by atoms with van der Waals surface area (Å²) in [5.41, 5.74) is 11.1. The number of epoxide rings is 1. The molecule has 2 saturated heterocycles. The van der Waals surface area contributed by atoms with Gasteiger partial charge in [0.1, 0.15) is 0 Å². The van der Waals surface area contributed by atoms with Crippen LogP contribution in [-0.4, -0.2) is 33.9 Å². The Kier molecular flexibility index (Phi) is 5.53. The second kappa shape index (κ2) is 9.06. The molecular weight excluding hydrogens is 464 g/mol. The molecule has 1 aliphatic carbocycles. The lowest BCUT2D eigenvalue weighted by molar-refractivity contribution is -0.412. The Morgan fingerprint density at radius 3 is 2.62 bits per heavy atom. The summed E-state index contributed by atoms with van der Waals surface area (Å²) < 4.78 is 7.58. The molecule has 2 aromatic heterocycles. The maximum atomic E-state index is 13.4. The summed E-state index contributed by atoms with van der Waals surface area (Å²) in [6.45, 7) is 2.15. The SMILES string of the molecule is [NH3+]C1OC1c1cn(-c2ccc3c(c2)CCC3)c2nc(Nc3ccc(C4CCNCC4)cc3)ncc2c1=O. The van der Waals surface area contributed by atoms with E-state index in [0.717, 1.165) is 37.3 Å². The molecule has 4 aromatic rings. The third-order valence-electron chi connectivity index (χ3n) is 8.00. The number of quaternary nitrogens is 1. The van der Waals surface area contributed by atoms with Crippen LogP contribution >= 0.6 is 0 Å². The Morgan fingerprint density at radius 1 is 1.05 bits per heavy atom. The Morgan fingerprint density at radius 2 is 1.84 bits per heavy atom. The number of nitrogens with zero attached hydrogens (tertiary/aromatic N) is 3. The van der Waals surface area contributed by atoms with E-state index < -0.39 is 0 Å². The smallest absolute Gasteiger partial charge is 0.229 e. The number of anilines is 2. The number of hydrogen-bond donors (Lipinski definition) is 3. The molecule has 0 spiro atoms. The first-order valence-corrected chi connectivity index (χ1v) is 13.2. The van der Waals surface area contributed by atoms with Gasteiger partial charge in [0.15, 0.2) is 17.2 Å². The minimum atomic E-state index is -0.283. The summed E-state index contributed by atoms with van der Waals surface area (Å²) >= 11 is 0. The number of pyridine rings is 1. The Bertz CT molecular complexity index is 1540. The molecule has 2 fully saturated rings. The molecule has 4 heterocycles. The molecule has 3 aliphatic rings. The number of fused-ring (bicyclic) bond motifs is 2. The molecule has 188 valence electrons. The first kappa shape index (κ1) is 22.6. The minimum Gasteiger partial charge on any atom is -0.330 e. The molecule has 5 N–H and O–H groups in total. The third kappa shape index (κ3) is 4.21. The number of aryl methyl sites for hydroxylation is 2. The lowest BCUT2D eigenvalue weighted by Crippen LogP contribution is -2.53. The predicted molar refractivity (Wildman–Crippen MR) is 142 cm³/mol. The zero-order valence-corrected chi connectivity index (χ0v) is 20.7. The highest BCUT2D eigenvalue weighted by Crippen LogP contribution is 2.34. The van der Waals surface area contributed by atoms with Gasteiger partial charge in [-0.25, -0.2) is 4.98 Å². The summed E-state index contributed by atoms with van der Waals surface area (Å²) in [6, 6.07) is 15.1. The van der Waals surface area contributed by atoms with Crippen molar-refractivity contribution in [1.29, 1.82) is 0 Å². The lowest BCUT2D eigenvalue weighted by atomic mass is 9.90. The number of benzene rings is 2. The van der Waals surface area contributed by atoms with Gasteiger partial charge in [-0.15, -0.1) is 0 Å². The van der Waals surface area contributed by atoms with Crippen LogP contribution < -0.4 is 21.8 Å². The quantitative estimate of drug-likeness (QED) is 0.367. The van der Waals surface area contributed by atoms with Crippen LogP contribution in [0.25, 0.3) is 16.7 Å². The standard InChI is InChI=1S/C29H30N6O2/c30-27-26(37-27)24-16-35(22-9-6-17-2-1-3-20(17)14-22)28-23(25(24)36)15-32-29(34-28)33-21-7-4-18(5-8-21)19-10-12-31-13-11-19/h4-9,14-16,19,26-27,31H,1-3,10-13,30H2,(H,32,33,34)/p+1. The zero-order valence-electron chi connectivity index (χ0n) is 20.7. The monoisotopic (exact) mass is 495 g/mol. The van der Waals surface area contributed by atoms with Crippen LogP contribution in [0.5, 0.6) is 0 Å². The molecular formula is C29H31N6O2+. The van der Waals surface area contributed by atoms with Crippen LogP contribution in [0.1, 0.15) is 53.5 Å². The van der Waals surface area contributed by atoms with E-state index >= 15 is 0 Å². The van der Waals surface area contributed by atoms with Crippen molar-refractivity contribution >= 4 is 22.7 Å². The van der Waals surface area contributed by atoms with E-state index in [1.165, 1.54) is 36.0 Å². The van der Waals surface area contributed by atoms with E-state index in [-0.39, 0.29) is 17.8 Å². The minimum absolute atomic E-state index is 0.0959. The summed E-state index contributed by atoms with van der Waals surface area (Å²) in [6.07, 6.45) is 8.75. The van der Waals surface area contributed by atoms with Crippen molar-refractivity contribution < 1.29 is 10.5 Å². The molecule has 37 heavy (non-hydrogen) atoms. The molecule has 2 aliphatic heterocycles. The van der Waals surface area contributed by atoms with Gasteiger partial charge in [0.25, 0.3) is 0 Å². The summed E-state index contributed by atoms with van der Waals surface area (Å²) in [7, 11) is 0. The molecule has 2 aromatic carbocycles. The third-order valence-corrected chi connectivity index (χ3v) is 8.00. The van der Waals surface area contributed by atoms with Crippen LogP contribution in [0.4, 0.5) is 11.6 Å². The molecule has 2 atom stereocenters. The second-order valence-electron chi connectivity index (χ2n) is 10.4. The van der Waals surface area contributed by atoms with Gasteiger partial charge in [0.05, 0.1) is 10.9 Å². The Hall–Kier alpha value is -3.59. The van der Waals surface area contributed by atoms with E-state index in [2.05, 4.69) is 63.8 Å². The Labute approximate surface area is 214 Å². The van der Waals surface area contributed by atoms with Gasteiger partial charge >= 0.3 is 0 Å². The van der Waals surface area contributed by atoms with E-state index in [9.17, 15) is 4.79 Å². The van der Waals surface area contributed by atoms with Crippen molar-refractivity contribution in [1.82, 2.24) is 19.9 Å². The maximum absolute atomic E-state index is 13.4. The molecule has 0 amide bonds. The van der Waals surface area contributed by atoms with Crippen LogP contribution in [0.15, 0.2) is 59.7 Å². The molecule has 0 radical (unpaired) electrons. The van der Waals surface area contributed by atoms with Crippen LogP contribution in [0.3, 0.4) is 0 Å². The largest absolute Gasteiger partial charge is 0.330 e. The summed E-state index contributed by atoms with van der Waals surface area (Å²) in [4.78, 5) is 22.7. The van der Waals surface area contributed by atoms with E-state index in [4.69, 9.17) is 9.72 Å². The van der Waals surface area contributed by atoms with Crippen LogP contribution in [0.2, 0.25) is 0 Å². The molecule has 8 nitrogen and oxygen atoms in total. The second-order valence-corrected chi connectivity index (χ2v) is 10.4. The van der Waals surface area contributed by atoms with Crippen LogP contribution in [0, 0.1) is 0 Å². The molecule has 0 bridgehead atoms. The average Bonchev–Trinajstić information content (AvgIpc) is 3.47. The van der Waals surface area contributed by atoms with Crippen molar-refractivity contribution in [3.05, 3.63) is 87.3 Å². The molecule has 8 heteroatoms. The summed E-state index contributed by atoms with van der Waals surface area (Å²) in [5.74, 6) is 1.07. The van der Waals surface area contributed by atoms with Gasteiger partial charge < -0.3 is 25.7 Å².